The molecule has 1 aliphatic rings. The summed E-state index contributed by atoms with van der Waals surface area (Å²) in [4.78, 5) is 12.1. The molecule has 1 aliphatic heterocycles. The van der Waals surface area contributed by atoms with Gasteiger partial charge in [-0.1, -0.05) is 0 Å². The molecule has 0 aromatic carbocycles. The van der Waals surface area contributed by atoms with E-state index < -0.39 is 0 Å². The molecule has 1 unspecified atom stereocenters. The molecule has 0 spiro atoms. The highest BCUT2D eigenvalue weighted by molar-refractivity contribution is 6.14. The lowest BCUT2D eigenvalue weighted by molar-refractivity contribution is -0.119. The fraction of sp³-hybridized carbons (Fsp3) is 0.455. The SMILES string of the molecule is CC1=NN(c2cccnn2)C(=O)C1CCCN. The fourth-order valence-corrected chi connectivity index (χ4v) is 1.83. The Morgan fingerprint density at radius 2 is 2.35 bits per heavy atom. The number of hydrogen-bond acceptors (Lipinski definition) is 5. The smallest absolute Gasteiger partial charge is 0.257 e. The van der Waals surface area contributed by atoms with E-state index >= 15 is 0 Å². The summed E-state index contributed by atoms with van der Waals surface area (Å²) in [7, 11) is 0. The first-order chi connectivity index (χ1) is 8.24. The Hall–Kier alpha value is -1.82. The maximum absolute atomic E-state index is 12.1. The summed E-state index contributed by atoms with van der Waals surface area (Å²) in [6.07, 6.45) is 3.12. The molecule has 1 aromatic heterocycles. The van der Waals surface area contributed by atoms with Crippen LogP contribution in [0.1, 0.15) is 19.8 Å². The van der Waals surface area contributed by atoms with Crippen molar-refractivity contribution in [2.75, 3.05) is 11.6 Å². The van der Waals surface area contributed by atoms with Gasteiger partial charge in [0.25, 0.3) is 5.91 Å². The first-order valence-electron chi connectivity index (χ1n) is 5.61. The van der Waals surface area contributed by atoms with Gasteiger partial charge in [-0.2, -0.15) is 15.2 Å². The van der Waals surface area contributed by atoms with E-state index in [0.29, 0.717) is 12.4 Å². The first kappa shape index (κ1) is 11.7. The molecule has 2 heterocycles. The summed E-state index contributed by atoms with van der Waals surface area (Å²) >= 11 is 0. The second-order valence-electron chi connectivity index (χ2n) is 3.96. The van der Waals surface area contributed by atoms with Gasteiger partial charge in [0.05, 0.1) is 5.92 Å². The molecule has 0 radical (unpaired) electrons. The molecule has 0 saturated heterocycles. The van der Waals surface area contributed by atoms with Gasteiger partial charge in [0, 0.05) is 11.9 Å². The molecule has 0 aliphatic carbocycles. The number of amides is 1. The van der Waals surface area contributed by atoms with E-state index in [1.807, 2.05) is 6.92 Å². The summed E-state index contributed by atoms with van der Waals surface area (Å²) < 4.78 is 0. The standard InChI is InChI=1S/C11H15N5O/c1-8-9(4-2-6-12)11(17)16(15-8)10-5-3-7-13-14-10/h3,5,7,9H,2,4,6,12H2,1H3. The zero-order valence-electron chi connectivity index (χ0n) is 9.71. The van der Waals surface area contributed by atoms with Crippen LogP contribution in [0, 0.1) is 5.92 Å². The summed E-state index contributed by atoms with van der Waals surface area (Å²) in [5.41, 5.74) is 6.27. The summed E-state index contributed by atoms with van der Waals surface area (Å²) in [5, 5.41) is 13.2. The maximum Gasteiger partial charge on any atom is 0.257 e. The Balaban J connectivity index is 2.16. The average Bonchev–Trinajstić information content (AvgIpc) is 2.64. The van der Waals surface area contributed by atoms with E-state index in [0.717, 1.165) is 18.6 Å². The molecule has 6 heteroatoms. The summed E-state index contributed by atoms with van der Waals surface area (Å²) in [6, 6.07) is 3.45. The fourth-order valence-electron chi connectivity index (χ4n) is 1.83. The largest absolute Gasteiger partial charge is 0.330 e. The Kier molecular flexibility index (Phi) is 3.43. The minimum atomic E-state index is -0.166. The normalized spacial score (nSPS) is 19.6. The highest BCUT2D eigenvalue weighted by atomic mass is 16.2. The van der Waals surface area contributed by atoms with Crippen molar-refractivity contribution in [3.8, 4) is 0 Å². The monoisotopic (exact) mass is 233 g/mol. The van der Waals surface area contributed by atoms with E-state index in [2.05, 4.69) is 15.3 Å². The minimum absolute atomic E-state index is 0.0450. The van der Waals surface area contributed by atoms with E-state index in [9.17, 15) is 4.79 Å². The number of rotatable bonds is 4. The quantitative estimate of drug-likeness (QED) is 0.823. The Labute approximate surface area is 99.5 Å². The van der Waals surface area contributed by atoms with Crippen LogP contribution in [0.3, 0.4) is 0 Å². The van der Waals surface area contributed by atoms with Crippen molar-refractivity contribution in [3.05, 3.63) is 18.3 Å². The van der Waals surface area contributed by atoms with Crippen LogP contribution in [0.5, 0.6) is 0 Å². The molecule has 1 aromatic rings. The van der Waals surface area contributed by atoms with E-state index in [4.69, 9.17) is 5.73 Å². The number of hydrazone groups is 1. The third-order valence-electron chi connectivity index (χ3n) is 2.74. The van der Waals surface area contributed by atoms with Crippen LogP contribution in [0.2, 0.25) is 0 Å². The van der Waals surface area contributed by atoms with E-state index in [-0.39, 0.29) is 11.8 Å². The molecular weight excluding hydrogens is 218 g/mol. The van der Waals surface area contributed by atoms with Gasteiger partial charge in [0.1, 0.15) is 0 Å². The zero-order chi connectivity index (χ0) is 12.3. The highest BCUT2D eigenvalue weighted by Gasteiger charge is 2.34. The van der Waals surface area contributed by atoms with Gasteiger partial charge in [0.15, 0.2) is 5.82 Å². The van der Waals surface area contributed by atoms with Gasteiger partial charge >= 0.3 is 0 Å². The topological polar surface area (TPSA) is 84.5 Å². The van der Waals surface area contributed by atoms with Crippen molar-refractivity contribution >= 4 is 17.4 Å². The number of nitrogens with two attached hydrogens (primary N) is 1. The third-order valence-corrected chi connectivity index (χ3v) is 2.74. The van der Waals surface area contributed by atoms with Crippen LogP contribution < -0.4 is 10.7 Å². The maximum atomic E-state index is 12.1. The molecule has 1 atom stereocenters. The van der Waals surface area contributed by atoms with Crippen LogP contribution in [0.15, 0.2) is 23.4 Å². The third kappa shape index (κ3) is 2.31. The van der Waals surface area contributed by atoms with Crippen molar-refractivity contribution in [3.63, 3.8) is 0 Å². The molecule has 0 bridgehead atoms. The molecule has 17 heavy (non-hydrogen) atoms. The van der Waals surface area contributed by atoms with Crippen molar-refractivity contribution in [1.29, 1.82) is 0 Å². The van der Waals surface area contributed by atoms with E-state index in [1.165, 1.54) is 5.01 Å². The van der Waals surface area contributed by atoms with Crippen molar-refractivity contribution < 1.29 is 4.79 Å². The molecule has 0 fully saturated rings. The Bertz CT molecular complexity index is 431. The van der Waals surface area contributed by atoms with Crippen LogP contribution in [-0.2, 0) is 4.79 Å². The lowest BCUT2D eigenvalue weighted by atomic mass is 9.98. The molecule has 1 amide bonds. The highest BCUT2D eigenvalue weighted by Crippen LogP contribution is 2.24. The molecule has 2 N–H and O–H groups in total. The van der Waals surface area contributed by atoms with Crippen LogP contribution in [-0.4, -0.2) is 28.4 Å². The van der Waals surface area contributed by atoms with Gasteiger partial charge in [-0.25, -0.2) is 0 Å². The van der Waals surface area contributed by atoms with Crippen LogP contribution in [0.4, 0.5) is 5.82 Å². The lowest BCUT2D eigenvalue weighted by Crippen LogP contribution is -2.28. The van der Waals surface area contributed by atoms with Crippen LogP contribution >= 0.6 is 0 Å². The van der Waals surface area contributed by atoms with E-state index in [1.54, 1.807) is 18.3 Å². The molecule has 6 nitrogen and oxygen atoms in total. The summed E-state index contributed by atoms with van der Waals surface area (Å²) in [6.45, 7) is 2.44. The second kappa shape index (κ2) is 5.01. The number of carbonyl (C=O) groups is 1. The predicted octanol–water partition coefficient (Wildman–Crippen LogP) is 0.554. The lowest BCUT2D eigenvalue weighted by Gasteiger charge is -2.12. The number of hydrogen-bond donors (Lipinski definition) is 1. The number of nitrogens with zero attached hydrogens (tertiary/aromatic N) is 4. The zero-order valence-corrected chi connectivity index (χ0v) is 9.71. The predicted molar refractivity (Wildman–Crippen MR) is 64.4 cm³/mol. The number of carbonyl (C=O) groups excluding carboxylic acids is 1. The summed E-state index contributed by atoms with van der Waals surface area (Å²) in [5.74, 6) is 0.254. The van der Waals surface area contributed by atoms with Crippen molar-refractivity contribution in [1.82, 2.24) is 10.2 Å². The second-order valence-corrected chi connectivity index (χ2v) is 3.96. The van der Waals surface area contributed by atoms with Gasteiger partial charge in [-0.15, -0.1) is 5.10 Å². The molecule has 90 valence electrons. The molecule has 0 saturated carbocycles. The Morgan fingerprint density at radius 3 is 3.00 bits per heavy atom. The molecule has 2 rings (SSSR count). The van der Waals surface area contributed by atoms with Gasteiger partial charge in [0.2, 0.25) is 0 Å². The Morgan fingerprint density at radius 1 is 1.53 bits per heavy atom. The average molecular weight is 233 g/mol. The van der Waals surface area contributed by atoms with Crippen molar-refractivity contribution in [2.45, 2.75) is 19.8 Å². The number of anilines is 1. The van der Waals surface area contributed by atoms with Gasteiger partial charge in [-0.3, -0.25) is 4.79 Å². The van der Waals surface area contributed by atoms with Crippen LogP contribution in [0.25, 0.3) is 0 Å². The minimum Gasteiger partial charge on any atom is -0.330 e. The number of aromatic nitrogens is 2. The first-order valence-corrected chi connectivity index (χ1v) is 5.61. The van der Waals surface area contributed by atoms with Gasteiger partial charge in [-0.05, 0) is 38.4 Å². The van der Waals surface area contributed by atoms with Crippen molar-refractivity contribution in [2.24, 2.45) is 16.8 Å². The molecular formula is C11H15N5O. The van der Waals surface area contributed by atoms with Gasteiger partial charge < -0.3 is 5.73 Å².